The van der Waals surface area contributed by atoms with E-state index < -0.39 is 0 Å². The van der Waals surface area contributed by atoms with Crippen LogP contribution in [0.2, 0.25) is 0 Å². The van der Waals surface area contributed by atoms with Crippen molar-refractivity contribution in [2.24, 2.45) is 0 Å². The van der Waals surface area contributed by atoms with Crippen LogP contribution in [-0.2, 0) is 21.4 Å². The summed E-state index contributed by atoms with van der Waals surface area (Å²) in [6, 6.07) is 11.7. The Balaban J connectivity index is 1.63. The molecule has 0 radical (unpaired) electrons. The monoisotopic (exact) mass is 423 g/mol. The van der Waals surface area contributed by atoms with Crippen molar-refractivity contribution in [3.05, 3.63) is 47.5 Å². The van der Waals surface area contributed by atoms with Gasteiger partial charge in [-0.1, -0.05) is 39.0 Å². The number of hydrogen-bond donors (Lipinski definition) is 2. The number of rotatable bonds is 6. The molecule has 1 fully saturated rings. The summed E-state index contributed by atoms with van der Waals surface area (Å²) in [7, 11) is 0. The van der Waals surface area contributed by atoms with E-state index in [-0.39, 0.29) is 17.4 Å². The van der Waals surface area contributed by atoms with E-state index in [1.165, 1.54) is 4.80 Å². The number of hydrogen-bond acceptors (Lipinski definition) is 6. The number of benzene rings is 2. The first-order chi connectivity index (χ1) is 14.8. The zero-order valence-electron chi connectivity index (χ0n) is 18.2. The third-order valence-electron chi connectivity index (χ3n) is 5.58. The molecule has 0 bridgehead atoms. The van der Waals surface area contributed by atoms with Crippen LogP contribution in [0.5, 0.6) is 5.75 Å². The van der Waals surface area contributed by atoms with Crippen LogP contribution < -0.4 is 5.32 Å². The summed E-state index contributed by atoms with van der Waals surface area (Å²) in [5, 5.41) is 22.9. The fourth-order valence-electron chi connectivity index (χ4n) is 3.88. The molecule has 164 valence electrons. The topological polar surface area (TPSA) is 92.5 Å². The summed E-state index contributed by atoms with van der Waals surface area (Å²) in [6.45, 7) is 9.13. The summed E-state index contributed by atoms with van der Waals surface area (Å²) < 4.78 is 5.55. The molecule has 2 heterocycles. The van der Waals surface area contributed by atoms with Gasteiger partial charge in [0.25, 0.3) is 0 Å². The number of carbonyl (C=O) groups is 1. The number of fused-ring (bicyclic) bond motifs is 1. The highest BCUT2D eigenvalue weighted by atomic mass is 16.5. The Morgan fingerprint density at radius 2 is 1.94 bits per heavy atom. The summed E-state index contributed by atoms with van der Waals surface area (Å²) in [6.07, 6.45) is 1.20. The van der Waals surface area contributed by atoms with E-state index in [9.17, 15) is 9.90 Å². The highest BCUT2D eigenvalue weighted by Crippen LogP contribution is 2.36. The number of phenolic OH excluding ortho intramolecular Hbond substituents is 1. The van der Waals surface area contributed by atoms with Gasteiger partial charge in [-0.05, 0) is 35.6 Å². The lowest BCUT2D eigenvalue weighted by Crippen LogP contribution is -2.49. The van der Waals surface area contributed by atoms with E-state index >= 15 is 0 Å². The van der Waals surface area contributed by atoms with Gasteiger partial charge in [0, 0.05) is 25.2 Å². The van der Waals surface area contributed by atoms with Gasteiger partial charge in [0.1, 0.15) is 28.7 Å². The van der Waals surface area contributed by atoms with Gasteiger partial charge < -0.3 is 15.2 Å². The molecule has 4 rings (SSSR count). The maximum atomic E-state index is 11.1. The summed E-state index contributed by atoms with van der Waals surface area (Å²) in [5.41, 5.74) is 3.88. The van der Waals surface area contributed by atoms with Gasteiger partial charge in [-0.3, -0.25) is 9.69 Å². The zero-order valence-corrected chi connectivity index (χ0v) is 18.2. The van der Waals surface area contributed by atoms with Crippen LogP contribution in [-0.4, -0.2) is 63.9 Å². The fourth-order valence-corrected chi connectivity index (χ4v) is 3.88. The van der Waals surface area contributed by atoms with Crippen molar-refractivity contribution >= 4 is 17.4 Å². The molecule has 1 amide bonds. The van der Waals surface area contributed by atoms with Gasteiger partial charge in [-0.2, -0.15) is 0 Å². The average molecular weight is 424 g/mol. The Morgan fingerprint density at radius 3 is 2.58 bits per heavy atom. The van der Waals surface area contributed by atoms with Gasteiger partial charge >= 0.3 is 0 Å². The summed E-state index contributed by atoms with van der Waals surface area (Å²) in [4.78, 5) is 14.5. The minimum absolute atomic E-state index is 0.207. The third kappa shape index (κ3) is 4.70. The minimum atomic E-state index is -0.271. The third-order valence-corrected chi connectivity index (χ3v) is 5.58. The number of aromatic nitrogens is 3. The summed E-state index contributed by atoms with van der Waals surface area (Å²) >= 11 is 0. The van der Waals surface area contributed by atoms with Crippen LogP contribution in [0.1, 0.15) is 31.9 Å². The molecule has 2 N–H and O–H groups in total. The molecular weight excluding hydrogens is 394 g/mol. The van der Waals surface area contributed by atoms with E-state index in [0.717, 1.165) is 41.7 Å². The van der Waals surface area contributed by atoms with E-state index in [2.05, 4.69) is 47.3 Å². The molecule has 0 saturated carbocycles. The van der Waals surface area contributed by atoms with Crippen LogP contribution in [0.3, 0.4) is 0 Å². The molecule has 2 aromatic carbocycles. The van der Waals surface area contributed by atoms with Crippen LogP contribution >= 0.6 is 0 Å². The molecular formula is C23H29N5O3. The largest absolute Gasteiger partial charge is 0.505 e. The molecule has 0 aliphatic carbocycles. The first kappa shape index (κ1) is 21.3. The molecule has 1 atom stereocenters. The standard InChI is InChI=1S/C23H29N5O3/c1-23(2,3)17-12-16(8-9-27-10-11-31-21(14-27)24-15-29)13-20(22(17)30)28-25-18-6-4-5-7-19(18)26-28/h4-7,12-13,15,21,30H,8-11,14H2,1-3H3,(H,24,29). The second-order valence-electron chi connectivity index (χ2n) is 8.93. The predicted octanol–water partition coefficient (Wildman–Crippen LogP) is 2.37. The number of aromatic hydroxyl groups is 1. The van der Waals surface area contributed by atoms with Crippen molar-refractivity contribution in [3.8, 4) is 11.4 Å². The van der Waals surface area contributed by atoms with Crippen molar-refractivity contribution in [2.75, 3.05) is 26.2 Å². The first-order valence-corrected chi connectivity index (χ1v) is 10.6. The highest BCUT2D eigenvalue weighted by molar-refractivity contribution is 5.73. The second kappa shape index (κ2) is 8.64. The molecule has 1 unspecified atom stereocenters. The number of morpholine rings is 1. The predicted molar refractivity (Wildman–Crippen MR) is 118 cm³/mol. The smallest absolute Gasteiger partial charge is 0.209 e. The number of phenols is 1. The van der Waals surface area contributed by atoms with Crippen molar-refractivity contribution in [2.45, 2.75) is 38.8 Å². The molecule has 3 aromatic rings. The minimum Gasteiger partial charge on any atom is -0.505 e. The normalized spacial score (nSPS) is 17.7. The molecule has 1 aliphatic heterocycles. The Labute approximate surface area is 181 Å². The Bertz CT molecular complexity index is 1040. The lowest BCUT2D eigenvalue weighted by atomic mass is 9.84. The van der Waals surface area contributed by atoms with Crippen molar-refractivity contribution in [1.82, 2.24) is 25.2 Å². The Kier molecular flexibility index (Phi) is 5.93. The van der Waals surface area contributed by atoms with Crippen LogP contribution in [0.4, 0.5) is 0 Å². The average Bonchev–Trinajstić information content (AvgIpc) is 3.16. The molecule has 1 aliphatic rings. The number of amides is 1. The van der Waals surface area contributed by atoms with E-state index in [4.69, 9.17) is 4.74 Å². The van der Waals surface area contributed by atoms with E-state index in [1.807, 2.05) is 30.3 Å². The van der Waals surface area contributed by atoms with Gasteiger partial charge in [0.15, 0.2) is 0 Å². The lowest BCUT2D eigenvalue weighted by molar-refractivity contribution is -0.116. The van der Waals surface area contributed by atoms with Crippen LogP contribution in [0, 0.1) is 0 Å². The number of ether oxygens (including phenoxy) is 1. The Morgan fingerprint density at radius 1 is 1.23 bits per heavy atom. The number of nitrogens with zero attached hydrogens (tertiary/aromatic N) is 4. The fraction of sp³-hybridized carbons (Fsp3) is 0.435. The van der Waals surface area contributed by atoms with E-state index in [1.54, 1.807) is 0 Å². The zero-order chi connectivity index (χ0) is 22.0. The maximum Gasteiger partial charge on any atom is 0.209 e. The molecule has 8 heteroatoms. The molecule has 31 heavy (non-hydrogen) atoms. The molecule has 1 aromatic heterocycles. The van der Waals surface area contributed by atoms with Crippen molar-refractivity contribution in [3.63, 3.8) is 0 Å². The quantitative estimate of drug-likeness (QED) is 0.592. The SMILES string of the molecule is CC(C)(C)c1cc(CCN2CCOC(NC=O)C2)cc(-n2nc3ccccc3n2)c1O. The van der Waals surface area contributed by atoms with Crippen LogP contribution in [0.25, 0.3) is 16.7 Å². The summed E-state index contributed by atoms with van der Waals surface area (Å²) in [5.74, 6) is 0.207. The van der Waals surface area contributed by atoms with Gasteiger partial charge in [-0.25, -0.2) is 0 Å². The van der Waals surface area contributed by atoms with E-state index in [0.29, 0.717) is 25.2 Å². The van der Waals surface area contributed by atoms with Crippen LogP contribution in [0.15, 0.2) is 36.4 Å². The second-order valence-corrected chi connectivity index (χ2v) is 8.93. The maximum absolute atomic E-state index is 11.1. The molecule has 1 saturated heterocycles. The molecule has 8 nitrogen and oxygen atoms in total. The Hall–Kier alpha value is -2.97. The van der Waals surface area contributed by atoms with Crippen molar-refractivity contribution < 1.29 is 14.6 Å². The molecule has 0 spiro atoms. The number of nitrogens with one attached hydrogen (secondary N) is 1. The first-order valence-electron chi connectivity index (χ1n) is 10.6. The lowest BCUT2D eigenvalue weighted by Gasteiger charge is -2.32. The number of carbonyl (C=O) groups excluding carboxylic acids is 1. The van der Waals surface area contributed by atoms with Gasteiger partial charge in [0.05, 0.1) is 6.61 Å². The van der Waals surface area contributed by atoms with Crippen molar-refractivity contribution in [1.29, 1.82) is 0 Å². The highest BCUT2D eigenvalue weighted by Gasteiger charge is 2.24. The van der Waals surface area contributed by atoms with Gasteiger partial charge in [-0.15, -0.1) is 15.0 Å². The van der Waals surface area contributed by atoms with Gasteiger partial charge in [0.2, 0.25) is 6.41 Å².